The molecule has 0 radical (unpaired) electrons. The normalized spacial score (nSPS) is 43.4. The van der Waals surface area contributed by atoms with Gasteiger partial charge >= 0.3 is 13.6 Å². The van der Waals surface area contributed by atoms with Crippen LogP contribution < -0.4 is 0 Å². The van der Waals surface area contributed by atoms with Gasteiger partial charge in [0.25, 0.3) is 0 Å². The Hall–Kier alpha value is -0.580. The van der Waals surface area contributed by atoms with Gasteiger partial charge in [0.15, 0.2) is 12.6 Å². The molecule has 32 heavy (non-hydrogen) atoms. The minimum absolute atomic E-state index is 0.0628. The van der Waals surface area contributed by atoms with Crippen molar-refractivity contribution < 1.29 is 47.9 Å². The van der Waals surface area contributed by atoms with Crippen LogP contribution in [0.1, 0.15) is 41.5 Å². The lowest BCUT2D eigenvalue weighted by Gasteiger charge is -2.48. The summed E-state index contributed by atoms with van der Waals surface area (Å²) in [6.07, 6.45) is -4.23. The van der Waals surface area contributed by atoms with Crippen LogP contribution in [0.3, 0.4) is 0 Å². The molecule has 3 N–H and O–H groups in total. The standard InChI is InChI=1S/C21H39O10P/c1-10(19(24)25)9-27-32(7,26)31-21-18(13(4)11(2)15(6)28-21)30-20-14(5)12(3)17(23)16(8-22)29-20/h10-18,20-23H,8-9H2,1-7H3,(H,24,25)/t10-,11?,12+,13?,14?,15+,16?,17-,18+,20-,21-,32?/m0/s1. The number of carboxylic acid groups (broad SMARTS) is 1. The quantitative estimate of drug-likeness (QED) is 0.419. The zero-order valence-corrected chi connectivity index (χ0v) is 20.8. The Morgan fingerprint density at radius 2 is 1.66 bits per heavy atom. The number of aliphatic carboxylic acids is 1. The Bertz CT molecular complexity index is 673. The van der Waals surface area contributed by atoms with Crippen LogP contribution in [-0.4, -0.2) is 78.2 Å². The molecule has 2 saturated heterocycles. The van der Waals surface area contributed by atoms with E-state index in [4.69, 9.17) is 28.4 Å². The van der Waals surface area contributed by atoms with Crippen molar-refractivity contribution in [2.45, 2.75) is 78.5 Å². The van der Waals surface area contributed by atoms with Gasteiger partial charge < -0.3 is 34.1 Å². The van der Waals surface area contributed by atoms with Gasteiger partial charge in [-0.2, -0.15) is 0 Å². The SMILES string of the molecule is CC1[C@H](O[C@@H]2C(C)C(C)[C@@H](C)O[C@H]2OP(C)(=O)OC[C@H](C)C(=O)O)OC(CO)[C@@H](O)[C@@H]1C. The fourth-order valence-corrected chi connectivity index (χ4v) is 5.04. The third-order valence-electron chi connectivity index (χ3n) is 6.94. The van der Waals surface area contributed by atoms with Gasteiger partial charge in [-0.15, -0.1) is 0 Å². The first-order chi connectivity index (χ1) is 14.8. The van der Waals surface area contributed by atoms with Gasteiger partial charge in [-0.25, -0.2) is 0 Å². The average Bonchev–Trinajstić information content (AvgIpc) is 2.72. The van der Waals surface area contributed by atoms with Crippen LogP contribution in [0.4, 0.5) is 0 Å². The van der Waals surface area contributed by atoms with Crippen LogP contribution in [0.5, 0.6) is 0 Å². The fraction of sp³-hybridized carbons (Fsp3) is 0.952. The molecular formula is C21H39O10P. The van der Waals surface area contributed by atoms with Crippen molar-refractivity contribution in [1.82, 2.24) is 0 Å². The molecule has 2 fully saturated rings. The minimum Gasteiger partial charge on any atom is -0.481 e. The summed E-state index contributed by atoms with van der Waals surface area (Å²) in [5.74, 6) is -2.24. The highest BCUT2D eigenvalue weighted by Crippen LogP contribution is 2.49. The van der Waals surface area contributed by atoms with Crippen molar-refractivity contribution in [2.24, 2.45) is 29.6 Å². The molecule has 10 nitrogen and oxygen atoms in total. The van der Waals surface area contributed by atoms with Crippen molar-refractivity contribution in [2.75, 3.05) is 19.9 Å². The number of carboxylic acids is 1. The van der Waals surface area contributed by atoms with Gasteiger partial charge in [-0.1, -0.05) is 27.7 Å². The second kappa shape index (κ2) is 11.2. The maximum Gasteiger partial charge on any atom is 0.330 e. The van der Waals surface area contributed by atoms with E-state index in [1.54, 1.807) is 0 Å². The first kappa shape index (κ1) is 27.7. The minimum atomic E-state index is -3.66. The molecule has 0 aromatic heterocycles. The van der Waals surface area contributed by atoms with Crippen LogP contribution in [0.2, 0.25) is 0 Å². The van der Waals surface area contributed by atoms with E-state index < -0.39 is 50.4 Å². The fourth-order valence-electron chi connectivity index (χ4n) is 3.93. The number of aliphatic hydroxyl groups excluding tert-OH is 2. The number of hydrogen-bond acceptors (Lipinski definition) is 9. The van der Waals surface area contributed by atoms with Crippen LogP contribution in [-0.2, 0) is 32.6 Å². The topological polar surface area (TPSA) is 141 Å². The van der Waals surface area contributed by atoms with Gasteiger partial charge in [-0.3, -0.25) is 13.9 Å². The Morgan fingerprint density at radius 1 is 1.03 bits per heavy atom. The summed E-state index contributed by atoms with van der Waals surface area (Å²) in [5.41, 5.74) is 0. The summed E-state index contributed by atoms with van der Waals surface area (Å²) in [4.78, 5) is 11.0. The van der Waals surface area contributed by atoms with Crippen LogP contribution >= 0.6 is 7.60 Å². The van der Waals surface area contributed by atoms with Gasteiger partial charge in [-0.05, 0) is 31.6 Å². The van der Waals surface area contributed by atoms with E-state index in [-0.39, 0.29) is 43.0 Å². The lowest BCUT2D eigenvalue weighted by Crippen LogP contribution is -2.56. The highest BCUT2D eigenvalue weighted by Gasteiger charge is 2.48. The molecule has 11 heteroatoms. The predicted molar refractivity (Wildman–Crippen MR) is 115 cm³/mol. The van der Waals surface area contributed by atoms with Gasteiger partial charge in [0.05, 0.1) is 31.3 Å². The maximum absolute atomic E-state index is 12.9. The van der Waals surface area contributed by atoms with Crippen LogP contribution in [0, 0.1) is 29.6 Å². The van der Waals surface area contributed by atoms with E-state index in [2.05, 4.69) is 0 Å². The summed E-state index contributed by atoms with van der Waals surface area (Å²) in [6.45, 7) is 11.8. The Balaban J connectivity index is 2.17. The van der Waals surface area contributed by atoms with E-state index >= 15 is 0 Å². The number of hydrogen-bond donors (Lipinski definition) is 3. The Morgan fingerprint density at radius 3 is 2.22 bits per heavy atom. The summed E-state index contributed by atoms with van der Waals surface area (Å²) in [6, 6.07) is 0. The Labute approximate surface area is 190 Å². The smallest absolute Gasteiger partial charge is 0.330 e. The second-order valence-corrected chi connectivity index (χ2v) is 11.4. The maximum atomic E-state index is 12.9. The van der Waals surface area contributed by atoms with E-state index in [1.807, 2.05) is 34.6 Å². The zero-order chi connectivity index (χ0) is 24.4. The number of rotatable bonds is 9. The highest BCUT2D eigenvalue weighted by atomic mass is 31.2. The molecule has 0 spiro atoms. The molecule has 5 unspecified atom stereocenters. The summed E-state index contributed by atoms with van der Waals surface area (Å²) < 4.78 is 42.0. The third-order valence-corrected chi connectivity index (χ3v) is 8.15. The molecule has 0 amide bonds. The monoisotopic (exact) mass is 482 g/mol. The third kappa shape index (κ3) is 6.51. The summed E-state index contributed by atoms with van der Waals surface area (Å²) >= 11 is 0. The van der Waals surface area contributed by atoms with Crippen molar-refractivity contribution in [3.63, 3.8) is 0 Å². The van der Waals surface area contributed by atoms with Gasteiger partial charge in [0, 0.05) is 12.6 Å². The lowest BCUT2D eigenvalue weighted by atomic mass is 9.83. The lowest BCUT2D eigenvalue weighted by molar-refractivity contribution is -0.330. The number of carbonyl (C=O) groups is 1. The summed E-state index contributed by atoms with van der Waals surface area (Å²) in [7, 11) is -3.66. The zero-order valence-electron chi connectivity index (χ0n) is 19.9. The van der Waals surface area contributed by atoms with Crippen molar-refractivity contribution in [3.8, 4) is 0 Å². The molecule has 188 valence electrons. The van der Waals surface area contributed by atoms with Crippen LogP contribution in [0.25, 0.3) is 0 Å². The number of aliphatic hydroxyl groups is 2. The van der Waals surface area contributed by atoms with Crippen molar-refractivity contribution in [3.05, 3.63) is 0 Å². The molecular weight excluding hydrogens is 443 g/mol. The van der Waals surface area contributed by atoms with E-state index in [0.717, 1.165) is 0 Å². The highest BCUT2D eigenvalue weighted by molar-refractivity contribution is 7.53. The largest absolute Gasteiger partial charge is 0.481 e. The molecule has 2 aliphatic heterocycles. The predicted octanol–water partition coefficient (Wildman–Crippen LogP) is 2.32. The van der Waals surface area contributed by atoms with Crippen molar-refractivity contribution in [1.29, 1.82) is 0 Å². The van der Waals surface area contributed by atoms with Gasteiger partial charge in [0.2, 0.25) is 0 Å². The molecule has 0 bridgehead atoms. The molecule has 0 aromatic rings. The second-order valence-electron chi connectivity index (χ2n) is 9.37. The van der Waals surface area contributed by atoms with Crippen LogP contribution in [0.15, 0.2) is 0 Å². The van der Waals surface area contributed by atoms with E-state index in [0.29, 0.717) is 0 Å². The first-order valence-electron chi connectivity index (χ1n) is 11.2. The Kier molecular flexibility index (Phi) is 9.71. The molecule has 2 heterocycles. The van der Waals surface area contributed by atoms with Crippen molar-refractivity contribution >= 4 is 13.6 Å². The molecule has 2 rings (SSSR count). The molecule has 0 aliphatic carbocycles. The average molecular weight is 483 g/mol. The molecule has 0 saturated carbocycles. The first-order valence-corrected chi connectivity index (χ1v) is 13.2. The van der Waals surface area contributed by atoms with Gasteiger partial charge in [0.1, 0.15) is 12.2 Å². The van der Waals surface area contributed by atoms with E-state index in [1.165, 1.54) is 13.6 Å². The number of ether oxygens (including phenoxy) is 3. The van der Waals surface area contributed by atoms with E-state index in [9.17, 15) is 19.6 Å². The molecule has 0 aromatic carbocycles. The molecule has 2 aliphatic rings. The molecule has 12 atom stereocenters. The summed E-state index contributed by atoms with van der Waals surface area (Å²) in [5, 5.41) is 28.9.